The lowest BCUT2D eigenvalue weighted by molar-refractivity contribution is -0.0586. The number of nitriles is 1. The molecule has 0 aromatic carbocycles. The number of hydrogen-bond acceptors (Lipinski definition) is 9. The highest BCUT2D eigenvalue weighted by atomic mass is 16.5. The Bertz CT molecular complexity index is 1500. The number of aromatic nitrogens is 5. The first-order valence-electron chi connectivity index (χ1n) is 11.8. The molecule has 1 N–H and O–H groups in total. The normalized spacial score (nSPS) is 17.4. The average molecular weight is 499 g/mol. The summed E-state index contributed by atoms with van der Waals surface area (Å²) in [7, 11) is 1.84. The van der Waals surface area contributed by atoms with Crippen molar-refractivity contribution in [3.8, 4) is 17.7 Å². The van der Waals surface area contributed by atoms with Crippen LogP contribution in [-0.2, 0) is 11.8 Å². The van der Waals surface area contributed by atoms with Gasteiger partial charge in [-0.15, -0.1) is 0 Å². The van der Waals surface area contributed by atoms with E-state index in [0.717, 1.165) is 5.56 Å². The van der Waals surface area contributed by atoms with Crippen LogP contribution in [0.1, 0.15) is 35.5 Å². The monoisotopic (exact) mass is 498 g/mol. The number of imidazole rings is 1. The van der Waals surface area contributed by atoms with Gasteiger partial charge in [0.15, 0.2) is 11.4 Å². The molecule has 1 fully saturated rings. The van der Waals surface area contributed by atoms with Crippen LogP contribution in [0.5, 0.6) is 11.6 Å². The van der Waals surface area contributed by atoms with Crippen LogP contribution in [0.25, 0.3) is 11.2 Å². The molecule has 5 rings (SSSR count). The molecule has 4 aromatic rings. The number of morpholine rings is 1. The van der Waals surface area contributed by atoms with Crippen LogP contribution >= 0.6 is 0 Å². The first kappa shape index (κ1) is 24.1. The Hall–Kier alpha value is -4.56. The van der Waals surface area contributed by atoms with Crippen LogP contribution in [-0.4, -0.2) is 60.6 Å². The molecule has 0 spiro atoms. The summed E-state index contributed by atoms with van der Waals surface area (Å²) >= 11 is 0. The standard InChI is InChI=1S/C26H26N8O3/c1-15-7-19(9-27)28-11-21(15)37-23-8-20(24-25(32-23)33(4)14-30-24)31-22-6-5-18(10-29-22)26(35)34-12-16(2)36-17(3)13-34/h5-8,10-11,14,16-17H,12-13H2,1-4H3,(H,29,31,32)/t16-,17+. The van der Waals surface area contributed by atoms with E-state index in [1.165, 1.54) is 6.20 Å². The largest absolute Gasteiger partial charge is 0.437 e. The first-order chi connectivity index (χ1) is 17.8. The lowest BCUT2D eigenvalue weighted by Crippen LogP contribution is -2.48. The van der Waals surface area contributed by atoms with Crippen molar-refractivity contribution in [3.05, 3.63) is 59.8 Å². The fraction of sp³-hybridized carbons (Fsp3) is 0.308. The van der Waals surface area contributed by atoms with E-state index in [0.29, 0.717) is 58.6 Å². The van der Waals surface area contributed by atoms with Gasteiger partial charge in [0.2, 0.25) is 5.88 Å². The van der Waals surface area contributed by atoms with Crippen LogP contribution in [0, 0.1) is 18.3 Å². The third-order valence-electron chi connectivity index (χ3n) is 6.02. The van der Waals surface area contributed by atoms with Crippen molar-refractivity contribution < 1.29 is 14.3 Å². The summed E-state index contributed by atoms with van der Waals surface area (Å²) in [4.78, 5) is 32.4. The maximum Gasteiger partial charge on any atom is 0.255 e. The first-order valence-corrected chi connectivity index (χ1v) is 11.8. The molecule has 0 aliphatic carbocycles. The van der Waals surface area contributed by atoms with Gasteiger partial charge in [0.1, 0.15) is 23.1 Å². The van der Waals surface area contributed by atoms with Crippen LogP contribution < -0.4 is 10.1 Å². The summed E-state index contributed by atoms with van der Waals surface area (Å²) in [5.41, 5.74) is 3.48. The van der Waals surface area contributed by atoms with Crippen molar-refractivity contribution in [3.63, 3.8) is 0 Å². The molecule has 11 heteroatoms. The number of nitrogens with one attached hydrogen (secondary N) is 1. The Kier molecular flexibility index (Phi) is 6.42. The highest BCUT2D eigenvalue weighted by Gasteiger charge is 2.26. The zero-order valence-electron chi connectivity index (χ0n) is 21.0. The molecule has 0 saturated carbocycles. The number of fused-ring (bicyclic) bond motifs is 1. The Morgan fingerprint density at radius 1 is 1.16 bits per heavy atom. The summed E-state index contributed by atoms with van der Waals surface area (Å²) in [5, 5.41) is 12.3. The van der Waals surface area contributed by atoms with E-state index in [2.05, 4.69) is 25.3 Å². The molecular weight excluding hydrogens is 472 g/mol. The summed E-state index contributed by atoms with van der Waals surface area (Å²) in [5.74, 6) is 1.29. The number of amides is 1. The minimum absolute atomic E-state index is 0.00525. The van der Waals surface area contributed by atoms with E-state index in [1.807, 2.05) is 33.9 Å². The molecule has 37 heavy (non-hydrogen) atoms. The molecule has 1 aliphatic rings. The number of pyridine rings is 3. The molecule has 1 aliphatic heterocycles. The van der Waals surface area contributed by atoms with E-state index >= 15 is 0 Å². The minimum Gasteiger partial charge on any atom is -0.437 e. The van der Waals surface area contributed by atoms with Crippen molar-refractivity contribution in [1.29, 1.82) is 5.26 Å². The second-order valence-electron chi connectivity index (χ2n) is 9.11. The number of carbonyl (C=O) groups is 1. The molecule has 1 amide bonds. The van der Waals surface area contributed by atoms with Gasteiger partial charge in [-0.3, -0.25) is 4.79 Å². The smallest absolute Gasteiger partial charge is 0.255 e. The number of aryl methyl sites for hydroxylation is 2. The lowest BCUT2D eigenvalue weighted by Gasteiger charge is -2.35. The van der Waals surface area contributed by atoms with Crippen molar-refractivity contribution in [2.24, 2.45) is 7.05 Å². The van der Waals surface area contributed by atoms with Crippen LogP contribution in [0.2, 0.25) is 0 Å². The SMILES string of the molecule is Cc1cc(C#N)ncc1Oc1cc(Nc2ccc(C(=O)N3C[C@@H](C)O[C@@H](C)C3)cn2)c2ncn(C)c2n1. The van der Waals surface area contributed by atoms with E-state index < -0.39 is 0 Å². The molecule has 0 unspecified atom stereocenters. The third-order valence-corrected chi connectivity index (χ3v) is 6.02. The fourth-order valence-electron chi connectivity index (χ4n) is 4.30. The highest BCUT2D eigenvalue weighted by molar-refractivity contribution is 5.94. The van der Waals surface area contributed by atoms with Gasteiger partial charge in [0, 0.05) is 32.4 Å². The van der Waals surface area contributed by atoms with Gasteiger partial charge in [-0.1, -0.05) is 0 Å². The number of anilines is 2. The zero-order chi connectivity index (χ0) is 26.1. The quantitative estimate of drug-likeness (QED) is 0.437. The Balaban J connectivity index is 1.39. The van der Waals surface area contributed by atoms with Crippen molar-refractivity contribution in [1.82, 2.24) is 29.4 Å². The third kappa shape index (κ3) is 5.05. The number of carbonyl (C=O) groups excluding carboxylic acids is 1. The molecule has 2 atom stereocenters. The lowest BCUT2D eigenvalue weighted by atomic mass is 10.2. The molecular formula is C26H26N8O3. The van der Waals surface area contributed by atoms with Crippen molar-refractivity contribution in [2.45, 2.75) is 33.0 Å². The number of hydrogen-bond donors (Lipinski definition) is 1. The van der Waals surface area contributed by atoms with Crippen LogP contribution in [0.3, 0.4) is 0 Å². The van der Waals surface area contributed by atoms with Crippen molar-refractivity contribution in [2.75, 3.05) is 18.4 Å². The second kappa shape index (κ2) is 9.83. The summed E-state index contributed by atoms with van der Waals surface area (Å²) < 4.78 is 13.5. The molecule has 0 bridgehead atoms. The van der Waals surface area contributed by atoms with Gasteiger partial charge in [-0.2, -0.15) is 10.2 Å². The van der Waals surface area contributed by atoms with Gasteiger partial charge in [-0.05, 0) is 44.5 Å². The van der Waals surface area contributed by atoms with E-state index in [-0.39, 0.29) is 18.1 Å². The Morgan fingerprint density at radius 2 is 1.95 bits per heavy atom. The summed E-state index contributed by atoms with van der Waals surface area (Å²) in [6.07, 6.45) is 4.73. The predicted octanol–water partition coefficient (Wildman–Crippen LogP) is 3.72. The second-order valence-corrected chi connectivity index (χ2v) is 9.11. The minimum atomic E-state index is -0.0702. The number of ether oxygens (including phenoxy) is 2. The summed E-state index contributed by atoms with van der Waals surface area (Å²) in [6, 6.07) is 8.91. The molecule has 5 heterocycles. The maximum atomic E-state index is 13.0. The van der Waals surface area contributed by atoms with Gasteiger partial charge in [0.25, 0.3) is 5.91 Å². The van der Waals surface area contributed by atoms with Crippen molar-refractivity contribution >= 4 is 28.6 Å². The average Bonchev–Trinajstić information content (AvgIpc) is 3.25. The van der Waals surface area contributed by atoms with Gasteiger partial charge in [0.05, 0.1) is 36.0 Å². The molecule has 11 nitrogen and oxygen atoms in total. The van der Waals surface area contributed by atoms with E-state index in [4.69, 9.17) is 14.7 Å². The fourth-order valence-corrected chi connectivity index (χ4v) is 4.30. The molecule has 4 aromatic heterocycles. The molecule has 0 radical (unpaired) electrons. The molecule has 188 valence electrons. The topological polar surface area (TPSA) is 131 Å². The van der Waals surface area contributed by atoms with Gasteiger partial charge in [-0.25, -0.2) is 15.0 Å². The molecule has 1 saturated heterocycles. The zero-order valence-corrected chi connectivity index (χ0v) is 21.0. The van der Waals surface area contributed by atoms with E-state index in [1.54, 1.807) is 46.3 Å². The Morgan fingerprint density at radius 3 is 2.62 bits per heavy atom. The number of rotatable bonds is 5. The van der Waals surface area contributed by atoms with Gasteiger partial charge >= 0.3 is 0 Å². The van der Waals surface area contributed by atoms with Crippen LogP contribution in [0.4, 0.5) is 11.5 Å². The Labute approximate surface area is 213 Å². The van der Waals surface area contributed by atoms with E-state index in [9.17, 15) is 4.79 Å². The van der Waals surface area contributed by atoms with Crippen LogP contribution in [0.15, 0.2) is 43.0 Å². The summed E-state index contributed by atoms with van der Waals surface area (Å²) in [6.45, 7) is 6.87. The highest BCUT2D eigenvalue weighted by Crippen LogP contribution is 2.31. The number of nitrogens with zero attached hydrogens (tertiary/aromatic N) is 7. The van der Waals surface area contributed by atoms with Gasteiger partial charge < -0.3 is 24.3 Å². The maximum absolute atomic E-state index is 13.0. The predicted molar refractivity (Wildman–Crippen MR) is 136 cm³/mol.